The van der Waals surface area contributed by atoms with Gasteiger partial charge in [0.05, 0.1) is 24.3 Å². The summed E-state index contributed by atoms with van der Waals surface area (Å²) < 4.78 is 57.9. The van der Waals surface area contributed by atoms with E-state index in [1.165, 1.54) is 4.90 Å². The van der Waals surface area contributed by atoms with Crippen molar-refractivity contribution in [1.29, 1.82) is 0 Å². The van der Waals surface area contributed by atoms with Gasteiger partial charge in [0.2, 0.25) is 0 Å². The lowest BCUT2D eigenvalue weighted by Crippen LogP contribution is -2.43. The predicted octanol–water partition coefficient (Wildman–Crippen LogP) is 3.63. The Balaban J connectivity index is 2.24. The fourth-order valence-electron chi connectivity index (χ4n) is 3.13. The van der Waals surface area contributed by atoms with E-state index in [-0.39, 0.29) is 24.6 Å². The molecule has 0 aromatic heterocycles. The van der Waals surface area contributed by atoms with E-state index in [9.17, 15) is 27.2 Å². The Morgan fingerprint density at radius 3 is 2.44 bits per heavy atom. The number of alkyl halides is 4. The summed E-state index contributed by atoms with van der Waals surface area (Å²) in [4.78, 5) is 23.7. The van der Waals surface area contributed by atoms with E-state index >= 15 is 0 Å². The summed E-state index contributed by atoms with van der Waals surface area (Å²) in [5, 5.41) is 11.5. The Kier molecular flexibility index (Phi) is 6.50. The van der Waals surface area contributed by atoms with Gasteiger partial charge in [0.15, 0.2) is 0 Å². The number of anilines is 1. The maximum absolute atomic E-state index is 13.6. The molecule has 27 heavy (non-hydrogen) atoms. The maximum Gasteiger partial charge on any atom is 0.418 e. The highest BCUT2D eigenvalue weighted by atomic mass is 19.4. The Morgan fingerprint density at radius 1 is 1.33 bits per heavy atom. The van der Waals surface area contributed by atoms with Gasteiger partial charge in [0.25, 0.3) is 0 Å². The molecule has 150 valence electrons. The molecule has 0 bridgehead atoms. The van der Waals surface area contributed by atoms with Crippen LogP contribution in [0.15, 0.2) is 18.2 Å². The molecule has 1 unspecified atom stereocenters. The summed E-state index contributed by atoms with van der Waals surface area (Å²) in [6.07, 6.45) is -5.12. The predicted molar refractivity (Wildman–Crippen MR) is 88.5 cm³/mol. The molecule has 0 saturated carbocycles. The minimum atomic E-state index is -4.69. The number of halogens is 4. The van der Waals surface area contributed by atoms with Crippen LogP contribution in [0.3, 0.4) is 0 Å². The van der Waals surface area contributed by atoms with E-state index < -0.39 is 42.2 Å². The second kappa shape index (κ2) is 8.45. The SMILES string of the molecule is COC(=O)c1ccc(C(F)(F)F)c(NC(CF)C2CCN(C(=O)O)CC2)c1. The lowest BCUT2D eigenvalue weighted by atomic mass is 9.89. The summed E-state index contributed by atoms with van der Waals surface area (Å²) in [7, 11) is 1.10. The molecule has 1 amide bonds. The van der Waals surface area contributed by atoms with E-state index in [4.69, 9.17) is 5.11 Å². The number of nitrogens with zero attached hydrogens (tertiary/aromatic N) is 1. The normalized spacial score (nSPS) is 16.7. The number of rotatable bonds is 5. The highest BCUT2D eigenvalue weighted by Gasteiger charge is 2.36. The van der Waals surface area contributed by atoms with Crippen molar-refractivity contribution in [2.75, 3.05) is 32.2 Å². The van der Waals surface area contributed by atoms with Gasteiger partial charge in [-0.15, -0.1) is 0 Å². The van der Waals surface area contributed by atoms with Crippen LogP contribution in [0.4, 0.5) is 28.0 Å². The average molecular weight is 392 g/mol. The maximum atomic E-state index is 13.6. The number of methoxy groups -OCH3 is 1. The molecule has 1 aliphatic rings. The van der Waals surface area contributed by atoms with Crippen LogP contribution in [0, 0.1) is 5.92 Å². The minimum absolute atomic E-state index is 0.0914. The fourth-order valence-corrected chi connectivity index (χ4v) is 3.13. The quantitative estimate of drug-likeness (QED) is 0.591. The Morgan fingerprint density at radius 2 is 1.96 bits per heavy atom. The van der Waals surface area contributed by atoms with Crippen LogP contribution < -0.4 is 5.32 Å². The van der Waals surface area contributed by atoms with E-state index in [2.05, 4.69) is 10.1 Å². The van der Waals surface area contributed by atoms with Gasteiger partial charge in [-0.05, 0) is 37.0 Å². The van der Waals surface area contributed by atoms with E-state index in [1.54, 1.807) is 0 Å². The van der Waals surface area contributed by atoms with Crippen molar-refractivity contribution in [3.05, 3.63) is 29.3 Å². The molecule has 6 nitrogen and oxygen atoms in total. The fraction of sp³-hybridized carbons (Fsp3) is 0.529. The molecule has 2 rings (SSSR count). The van der Waals surface area contributed by atoms with Gasteiger partial charge in [0, 0.05) is 18.8 Å². The number of carbonyl (C=O) groups excluding carboxylic acids is 1. The van der Waals surface area contributed by atoms with Gasteiger partial charge >= 0.3 is 18.2 Å². The molecule has 10 heteroatoms. The van der Waals surface area contributed by atoms with Gasteiger partial charge in [0.1, 0.15) is 6.67 Å². The van der Waals surface area contributed by atoms with Crippen LogP contribution in [0.1, 0.15) is 28.8 Å². The number of amides is 1. The number of carbonyl (C=O) groups is 2. The van der Waals surface area contributed by atoms with Crippen molar-refractivity contribution in [3.8, 4) is 0 Å². The standard InChI is InChI=1S/C17H20F4N2O4/c1-27-15(24)11-2-3-12(17(19,20)21)13(8-11)22-14(9-18)10-4-6-23(7-5-10)16(25)26/h2-3,8,10,14,22H,4-7,9H2,1H3,(H,25,26). The average Bonchev–Trinajstić information content (AvgIpc) is 2.64. The lowest BCUT2D eigenvalue weighted by molar-refractivity contribution is -0.137. The van der Waals surface area contributed by atoms with Gasteiger partial charge in [-0.2, -0.15) is 13.2 Å². The van der Waals surface area contributed by atoms with E-state index in [1.807, 2.05) is 0 Å². The number of nitrogens with one attached hydrogen (secondary N) is 1. The van der Waals surface area contributed by atoms with Gasteiger partial charge < -0.3 is 20.1 Å². The molecule has 1 aromatic carbocycles. The van der Waals surface area contributed by atoms with Crippen LogP contribution >= 0.6 is 0 Å². The van der Waals surface area contributed by atoms with Crippen molar-refractivity contribution in [2.24, 2.45) is 5.92 Å². The van der Waals surface area contributed by atoms with Crippen LogP contribution in [0.2, 0.25) is 0 Å². The summed E-state index contributed by atoms with van der Waals surface area (Å²) in [5.74, 6) is -1.15. The third kappa shape index (κ3) is 5.01. The Hall–Kier alpha value is -2.52. The third-order valence-corrected chi connectivity index (χ3v) is 4.63. The zero-order valence-electron chi connectivity index (χ0n) is 14.6. The highest BCUT2D eigenvalue weighted by Crippen LogP contribution is 2.36. The van der Waals surface area contributed by atoms with Gasteiger partial charge in [-0.1, -0.05) is 0 Å². The third-order valence-electron chi connectivity index (χ3n) is 4.63. The molecule has 1 fully saturated rings. The van der Waals surface area contributed by atoms with Gasteiger partial charge in [-0.25, -0.2) is 14.0 Å². The van der Waals surface area contributed by atoms with Crippen LogP contribution in [0.25, 0.3) is 0 Å². The Labute approximate surface area is 153 Å². The summed E-state index contributed by atoms with van der Waals surface area (Å²) in [6.45, 7) is -0.559. The van der Waals surface area contributed by atoms with Crippen LogP contribution in [-0.2, 0) is 10.9 Å². The highest BCUT2D eigenvalue weighted by molar-refractivity contribution is 5.90. The van der Waals surface area contributed by atoms with Crippen molar-refractivity contribution in [2.45, 2.75) is 25.1 Å². The Bertz CT molecular complexity index is 688. The molecular weight excluding hydrogens is 372 g/mol. The van der Waals surface area contributed by atoms with Crippen LogP contribution in [0.5, 0.6) is 0 Å². The number of benzene rings is 1. The zero-order chi connectivity index (χ0) is 20.2. The molecule has 2 N–H and O–H groups in total. The summed E-state index contributed by atoms with van der Waals surface area (Å²) >= 11 is 0. The molecule has 1 saturated heterocycles. The van der Waals surface area contributed by atoms with E-state index in [0.29, 0.717) is 12.8 Å². The topological polar surface area (TPSA) is 78.9 Å². The van der Waals surface area contributed by atoms with Crippen molar-refractivity contribution in [3.63, 3.8) is 0 Å². The second-order valence-electron chi connectivity index (χ2n) is 6.26. The lowest BCUT2D eigenvalue weighted by Gasteiger charge is -2.35. The smallest absolute Gasteiger partial charge is 0.418 e. The zero-order valence-corrected chi connectivity index (χ0v) is 14.6. The molecule has 1 atom stereocenters. The number of hydrogen-bond acceptors (Lipinski definition) is 4. The number of hydrogen-bond donors (Lipinski definition) is 2. The van der Waals surface area contributed by atoms with Crippen LogP contribution in [-0.4, -0.2) is 55.0 Å². The first-order valence-corrected chi connectivity index (χ1v) is 8.27. The summed E-state index contributed by atoms with van der Waals surface area (Å²) in [6, 6.07) is 1.80. The molecule has 0 aliphatic carbocycles. The van der Waals surface area contributed by atoms with Crippen molar-refractivity contribution in [1.82, 2.24) is 4.90 Å². The minimum Gasteiger partial charge on any atom is -0.465 e. The largest absolute Gasteiger partial charge is 0.465 e. The molecule has 1 heterocycles. The van der Waals surface area contributed by atoms with E-state index in [0.717, 1.165) is 25.3 Å². The number of carboxylic acid groups (broad SMARTS) is 1. The monoisotopic (exact) mass is 392 g/mol. The first kappa shape index (κ1) is 20.8. The van der Waals surface area contributed by atoms with Crippen molar-refractivity contribution < 1.29 is 37.0 Å². The first-order valence-electron chi connectivity index (χ1n) is 8.27. The first-order chi connectivity index (χ1) is 12.7. The number of likely N-dealkylation sites (tertiary alicyclic amines) is 1. The molecule has 1 aliphatic heterocycles. The second-order valence-corrected chi connectivity index (χ2v) is 6.26. The summed E-state index contributed by atoms with van der Waals surface area (Å²) in [5.41, 5.74) is -1.52. The molecule has 0 radical (unpaired) electrons. The number of ether oxygens (including phenoxy) is 1. The molecule has 1 aromatic rings. The number of piperidine rings is 1. The molecule has 0 spiro atoms. The number of esters is 1. The van der Waals surface area contributed by atoms with Crippen molar-refractivity contribution >= 4 is 17.7 Å². The molecular formula is C17H20F4N2O4. The van der Waals surface area contributed by atoms with Gasteiger partial charge in [-0.3, -0.25) is 0 Å².